The van der Waals surface area contributed by atoms with Gasteiger partial charge in [-0.15, -0.1) is 12.4 Å². The van der Waals surface area contributed by atoms with Crippen molar-refractivity contribution in [3.05, 3.63) is 41.3 Å². The summed E-state index contributed by atoms with van der Waals surface area (Å²) in [6.45, 7) is 2.35. The Morgan fingerprint density at radius 1 is 1.19 bits per heavy atom. The summed E-state index contributed by atoms with van der Waals surface area (Å²) in [5.41, 5.74) is 8.01. The standard InChI is InChI=1S/C20H25N3O2S.ClH/c21-16-8-11-25-18(12-16)15-6-9-23(10-7-15)20(24)19-13-17(22-26-19)14-4-2-1-3-5-14;/h1-5,13,15-16,18H,6-12,21H2;1H. The highest BCUT2D eigenvalue weighted by Crippen LogP contribution is 2.30. The molecule has 3 heterocycles. The number of carbonyl (C=O) groups excluding carboxylic acids is 1. The van der Waals surface area contributed by atoms with Crippen molar-refractivity contribution in [1.82, 2.24) is 9.27 Å². The third kappa shape index (κ3) is 4.69. The smallest absolute Gasteiger partial charge is 0.265 e. The van der Waals surface area contributed by atoms with E-state index in [-0.39, 0.29) is 30.5 Å². The minimum Gasteiger partial charge on any atom is -0.378 e. The molecule has 0 aliphatic carbocycles. The van der Waals surface area contributed by atoms with Crippen molar-refractivity contribution in [3.8, 4) is 11.3 Å². The molecule has 4 rings (SSSR count). The molecule has 0 saturated carbocycles. The molecular weight excluding hydrogens is 382 g/mol. The maximum atomic E-state index is 12.8. The van der Waals surface area contributed by atoms with Gasteiger partial charge in [0.05, 0.1) is 11.8 Å². The predicted octanol–water partition coefficient (Wildman–Crippen LogP) is 3.59. The van der Waals surface area contributed by atoms with E-state index < -0.39 is 0 Å². The van der Waals surface area contributed by atoms with Crippen molar-refractivity contribution < 1.29 is 9.53 Å². The van der Waals surface area contributed by atoms with Crippen LogP contribution in [0.25, 0.3) is 11.3 Å². The van der Waals surface area contributed by atoms with Crippen LogP contribution >= 0.6 is 23.9 Å². The summed E-state index contributed by atoms with van der Waals surface area (Å²) in [7, 11) is 0. The summed E-state index contributed by atoms with van der Waals surface area (Å²) in [6.07, 6.45) is 4.17. The van der Waals surface area contributed by atoms with Crippen molar-refractivity contribution in [2.24, 2.45) is 11.7 Å². The molecule has 7 heteroatoms. The quantitative estimate of drug-likeness (QED) is 0.844. The summed E-state index contributed by atoms with van der Waals surface area (Å²) >= 11 is 1.29. The van der Waals surface area contributed by atoms with Crippen LogP contribution in [0.3, 0.4) is 0 Å². The van der Waals surface area contributed by atoms with Gasteiger partial charge in [-0.3, -0.25) is 4.79 Å². The van der Waals surface area contributed by atoms with Crippen molar-refractivity contribution in [3.63, 3.8) is 0 Å². The molecule has 0 spiro atoms. The molecule has 2 fully saturated rings. The molecule has 2 aliphatic rings. The monoisotopic (exact) mass is 407 g/mol. The topological polar surface area (TPSA) is 68.5 Å². The van der Waals surface area contributed by atoms with Crippen molar-refractivity contribution in [1.29, 1.82) is 0 Å². The Bertz CT molecular complexity index is 747. The summed E-state index contributed by atoms with van der Waals surface area (Å²) in [5, 5.41) is 0. The number of hydrogen-bond acceptors (Lipinski definition) is 5. The van der Waals surface area contributed by atoms with E-state index in [1.807, 2.05) is 41.3 Å². The van der Waals surface area contributed by atoms with E-state index in [0.717, 1.165) is 61.5 Å². The number of aromatic nitrogens is 1. The molecule has 5 nitrogen and oxygen atoms in total. The number of nitrogens with zero attached hydrogens (tertiary/aromatic N) is 2. The van der Waals surface area contributed by atoms with Gasteiger partial charge in [-0.1, -0.05) is 30.3 Å². The van der Waals surface area contributed by atoms with Gasteiger partial charge in [0.25, 0.3) is 5.91 Å². The van der Waals surface area contributed by atoms with Gasteiger partial charge >= 0.3 is 0 Å². The van der Waals surface area contributed by atoms with Crippen LogP contribution in [0.4, 0.5) is 0 Å². The Labute approximate surface area is 170 Å². The number of nitrogens with two attached hydrogens (primary N) is 1. The normalized spacial score (nSPS) is 23.7. The van der Waals surface area contributed by atoms with E-state index in [1.54, 1.807) is 0 Å². The van der Waals surface area contributed by atoms with Gasteiger partial charge < -0.3 is 15.4 Å². The summed E-state index contributed by atoms with van der Waals surface area (Å²) in [5.74, 6) is 0.621. The average molecular weight is 408 g/mol. The first-order valence-electron chi connectivity index (χ1n) is 9.39. The van der Waals surface area contributed by atoms with Gasteiger partial charge in [0.2, 0.25) is 0 Å². The third-order valence-electron chi connectivity index (χ3n) is 5.50. The minimum absolute atomic E-state index is 0. The SMILES string of the molecule is Cl.NC1CCOC(C2CCN(C(=O)c3cc(-c4ccccc4)ns3)CC2)C1. The summed E-state index contributed by atoms with van der Waals surface area (Å²) in [6, 6.07) is 12.2. The molecule has 2 unspecified atom stereocenters. The van der Waals surface area contributed by atoms with E-state index in [1.165, 1.54) is 11.5 Å². The molecule has 2 N–H and O–H groups in total. The zero-order valence-corrected chi connectivity index (χ0v) is 16.9. The first kappa shape index (κ1) is 20.3. The van der Waals surface area contributed by atoms with Gasteiger partial charge in [-0.25, -0.2) is 0 Å². The molecule has 1 aromatic carbocycles. The van der Waals surface area contributed by atoms with Gasteiger partial charge in [-0.05, 0) is 49.2 Å². The zero-order valence-electron chi connectivity index (χ0n) is 15.3. The average Bonchev–Trinajstić information content (AvgIpc) is 3.18. The molecule has 1 amide bonds. The molecule has 27 heavy (non-hydrogen) atoms. The molecule has 2 aromatic rings. The number of carbonyl (C=O) groups is 1. The highest BCUT2D eigenvalue weighted by Gasteiger charge is 2.32. The Kier molecular flexibility index (Phi) is 6.87. The Balaban J connectivity index is 0.00000210. The first-order chi connectivity index (χ1) is 12.7. The molecule has 2 atom stereocenters. The maximum Gasteiger partial charge on any atom is 0.265 e. The number of benzene rings is 1. The van der Waals surface area contributed by atoms with Crippen molar-refractivity contribution in [2.75, 3.05) is 19.7 Å². The van der Waals surface area contributed by atoms with Crippen LogP contribution in [0, 0.1) is 5.92 Å². The lowest BCUT2D eigenvalue weighted by Gasteiger charge is -2.38. The number of rotatable bonds is 3. The predicted molar refractivity (Wildman–Crippen MR) is 110 cm³/mol. The largest absolute Gasteiger partial charge is 0.378 e. The molecule has 0 bridgehead atoms. The van der Waals surface area contributed by atoms with E-state index in [9.17, 15) is 4.79 Å². The van der Waals surface area contributed by atoms with E-state index >= 15 is 0 Å². The van der Waals surface area contributed by atoms with Crippen LogP contribution in [0.1, 0.15) is 35.4 Å². The second-order valence-corrected chi connectivity index (χ2v) is 8.07. The highest BCUT2D eigenvalue weighted by atomic mass is 35.5. The van der Waals surface area contributed by atoms with E-state index in [4.69, 9.17) is 10.5 Å². The number of amides is 1. The van der Waals surface area contributed by atoms with Crippen molar-refractivity contribution in [2.45, 2.75) is 37.8 Å². The van der Waals surface area contributed by atoms with Crippen LogP contribution in [0.5, 0.6) is 0 Å². The fourth-order valence-corrected chi connectivity index (χ4v) is 4.66. The lowest BCUT2D eigenvalue weighted by molar-refractivity contribution is -0.0419. The summed E-state index contributed by atoms with van der Waals surface area (Å²) < 4.78 is 10.4. The first-order valence-corrected chi connectivity index (χ1v) is 10.2. The highest BCUT2D eigenvalue weighted by molar-refractivity contribution is 7.08. The fraction of sp³-hybridized carbons (Fsp3) is 0.500. The molecule has 2 aliphatic heterocycles. The van der Waals surface area contributed by atoms with Crippen molar-refractivity contribution >= 4 is 29.8 Å². The van der Waals surface area contributed by atoms with Gasteiger partial charge in [0, 0.05) is 31.3 Å². The second-order valence-electron chi connectivity index (χ2n) is 7.27. The second kappa shape index (κ2) is 9.15. The van der Waals surface area contributed by atoms with Crippen LogP contribution in [-0.2, 0) is 4.74 Å². The lowest BCUT2D eigenvalue weighted by Crippen LogP contribution is -2.45. The molecular formula is C20H26ClN3O2S. The molecule has 0 radical (unpaired) electrons. The van der Waals surface area contributed by atoms with E-state index in [0.29, 0.717) is 5.92 Å². The van der Waals surface area contributed by atoms with Gasteiger partial charge in [0.15, 0.2) is 0 Å². The van der Waals surface area contributed by atoms with Crippen LogP contribution in [0.15, 0.2) is 36.4 Å². The number of likely N-dealkylation sites (tertiary alicyclic amines) is 1. The number of halogens is 1. The number of ether oxygens (including phenoxy) is 1. The Hall–Kier alpha value is -1.47. The third-order valence-corrected chi connectivity index (χ3v) is 6.28. The maximum absolute atomic E-state index is 12.8. The molecule has 146 valence electrons. The summed E-state index contributed by atoms with van der Waals surface area (Å²) in [4.78, 5) is 15.5. The van der Waals surface area contributed by atoms with Gasteiger partial charge in [-0.2, -0.15) is 4.37 Å². The minimum atomic E-state index is 0. The van der Waals surface area contributed by atoms with Crippen LogP contribution in [-0.4, -0.2) is 47.0 Å². The Morgan fingerprint density at radius 2 is 1.93 bits per heavy atom. The van der Waals surface area contributed by atoms with Crippen LogP contribution in [0.2, 0.25) is 0 Å². The van der Waals surface area contributed by atoms with Gasteiger partial charge in [0.1, 0.15) is 4.88 Å². The van der Waals surface area contributed by atoms with E-state index in [2.05, 4.69) is 4.37 Å². The zero-order chi connectivity index (χ0) is 17.9. The van der Waals surface area contributed by atoms with Crippen LogP contribution < -0.4 is 5.73 Å². The number of piperidine rings is 1. The fourth-order valence-electron chi connectivity index (χ4n) is 3.93. The Morgan fingerprint density at radius 3 is 2.63 bits per heavy atom. The molecule has 1 aromatic heterocycles. The number of hydrogen-bond donors (Lipinski definition) is 1. The molecule has 2 saturated heterocycles. The lowest BCUT2D eigenvalue weighted by atomic mass is 9.86.